The second-order valence-electron chi connectivity index (χ2n) is 4.77. The first kappa shape index (κ1) is 14.5. The Hall–Kier alpha value is -1.91. The molecule has 0 unspecified atom stereocenters. The number of hydrogen-bond donors (Lipinski definition) is 2. The van der Waals surface area contributed by atoms with E-state index in [9.17, 15) is 4.79 Å². The summed E-state index contributed by atoms with van der Waals surface area (Å²) in [5.41, 5.74) is 0.861. The molecule has 0 saturated heterocycles. The Labute approximate surface area is 119 Å². The van der Waals surface area contributed by atoms with E-state index in [0.717, 1.165) is 43.0 Å². The largest absolute Gasteiger partial charge is 0.490 e. The van der Waals surface area contributed by atoms with Crippen molar-refractivity contribution in [3.63, 3.8) is 0 Å². The van der Waals surface area contributed by atoms with E-state index in [4.69, 9.17) is 9.47 Å². The number of unbranched alkanes of at least 4 members (excludes halogenated alkanes) is 1. The molecule has 2 rings (SSSR count). The molecule has 0 saturated carbocycles. The highest BCUT2D eigenvalue weighted by atomic mass is 16.5. The van der Waals surface area contributed by atoms with Gasteiger partial charge in [-0.2, -0.15) is 0 Å². The Balaban J connectivity index is 1.84. The molecule has 2 N–H and O–H groups in total. The minimum Gasteiger partial charge on any atom is -0.490 e. The van der Waals surface area contributed by atoms with Crippen LogP contribution in [0.15, 0.2) is 18.2 Å². The Morgan fingerprint density at radius 2 is 2.05 bits per heavy atom. The monoisotopic (exact) mass is 278 g/mol. The number of nitrogens with one attached hydrogen (secondary N) is 2. The molecular weight excluding hydrogens is 256 g/mol. The lowest BCUT2D eigenvalue weighted by atomic mass is 10.2. The van der Waals surface area contributed by atoms with Crippen molar-refractivity contribution < 1.29 is 14.3 Å². The molecule has 0 radical (unpaired) electrons. The van der Waals surface area contributed by atoms with Gasteiger partial charge in [0.25, 0.3) is 0 Å². The van der Waals surface area contributed by atoms with Gasteiger partial charge in [-0.05, 0) is 18.6 Å². The first-order valence-corrected chi connectivity index (χ1v) is 7.20. The van der Waals surface area contributed by atoms with Crippen LogP contribution in [-0.4, -0.2) is 32.2 Å². The lowest BCUT2D eigenvalue weighted by Gasteiger charge is -2.11. The van der Waals surface area contributed by atoms with Crippen molar-refractivity contribution in [1.82, 2.24) is 5.32 Å². The van der Waals surface area contributed by atoms with Gasteiger partial charge in [-0.15, -0.1) is 0 Å². The number of hydrogen-bond acceptors (Lipinski definition) is 4. The summed E-state index contributed by atoms with van der Waals surface area (Å²) in [7, 11) is 0. The Morgan fingerprint density at radius 1 is 1.25 bits per heavy atom. The smallest absolute Gasteiger partial charge is 0.239 e. The Bertz CT molecular complexity index is 449. The summed E-state index contributed by atoms with van der Waals surface area (Å²) in [6.45, 7) is 4.44. The molecule has 0 aliphatic carbocycles. The van der Waals surface area contributed by atoms with Gasteiger partial charge in [0, 0.05) is 24.7 Å². The molecule has 110 valence electrons. The lowest BCUT2D eigenvalue weighted by Crippen LogP contribution is -2.30. The number of carbonyl (C=O) groups is 1. The summed E-state index contributed by atoms with van der Waals surface area (Å²) in [4.78, 5) is 11.6. The fraction of sp³-hybridized carbons (Fsp3) is 0.533. The average Bonchev–Trinajstić information content (AvgIpc) is 2.70. The quantitative estimate of drug-likeness (QED) is 0.783. The summed E-state index contributed by atoms with van der Waals surface area (Å²) in [6.07, 6.45) is 2.98. The summed E-state index contributed by atoms with van der Waals surface area (Å²) in [6, 6.07) is 5.64. The van der Waals surface area contributed by atoms with Crippen LogP contribution in [0.4, 0.5) is 5.69 Å². The van der Waals surface area contributed by atoms with E-state index in [1.165, 1.54) is 0 Å². The third-order valence-electron chi connectivity index (χ3n) is 3.05. The molecule has 20 heavy (non-hydrogen) atoms. The van der Waals surface area contributed by atoms with E-state index in [1.54, 1.807) is 0 Å². The van der Waals surface area contributed by atoms with Crippen molar-refractivity contribution in [3.05, 3.63) is 18.2 Å². The summed E-state index contributed by atoms with van der Waals surface area (Å²) in [5, 5.41) is 5.96. The van der Waals surface area contributed by atoms with Gasteiger partial charge in [-0.1, -0.05) is 13.3 Å². The van der Waals surface area contributed by atoms with Crippen molar-refractivity contribution in [3.8, 4) is 11.5 Å². The predicted molar refractivity (Wildman–Crippen MR) is 78.5 cm³/mol. The predicted octanol–water partition coefficient (Wildman–Crippen LogP) is 2.18. The van der Waals surface area contributed by atoms with Crippen LogP contribution in [0.2, 0.25) is 0 Å². The second kappa shape index (κ2) is 7.62. The van der Waals surface area contributed by atoms with Gasteiger partial charge in [0.05, 0.1) is 19.8 Å². The number of carbonyl (C=O) groups excluding carboxylic acids is 1. The molecule has 1 aliphatic rings. The SMILES string of the molecule is CCCCNC(=O)CNc1ccc2c(c1)OCCCO2. The maximum atomic E-state index is 11.6. The van der Waals surface area contributed by atoms with Crippen LogP contribution in [0.1, 0.15) is 26.2 Å². The van der Waals surface area contributed by atoms with E-state index in [2.05, 4.69) is 17.6 Å². The van der Waals surface area contributed by atoms with Gasteiger partial charge in [0.1, 0.15) is 0 Å². The molecule has 5 nitrogen and oxygen atoms in total. The zero-order chi connectivity index (χ0) is 14.2. The zero-order valence-electron chi connectivity index (χ0n) is 11.9. The van der Waals surface area contributed by atoms with Crippen molar-refractivity contribution >= 4 is 11.6 Å². The van der Waals surface area contributed by atoms with E-state index >= 15 is 0 Å². The van der Waals surface area contributed by atoms with Crippen LogP contribution in [0.3, 0.4) is 0 Å². The molecule has 0 bridgehead atoms. The number of anilines is 1. The summed E-state index contributed by atoms with van der Waals surface area (Å²) >= 11 is 0. The molecule has 1 heterocycles. The molecule has 1 aliphatic heterocycles. The third-order valence-corrected chi connectivity index (χ3v) is 3.05. The van der Waals surface area contributed by atoms with Crippen molar-refractivity contribution in [2.24, 2.45) is 0 Å². The molecule has 1 amide bonds. The summed E-state index contributed by atoms with van der Waals surface area (Å²) < 4.78 is 11.2. The standard InChI is InChI=1S/C15H22N2O3/c1-2-3-7-16-15(18)11-17-12-5-6-13-14(10-12)20-9-4-8-19-13/h5-6,10,17H,2-4,7-9,11H2,1H3,(H,16,18). The van der Waals surface area contributed by atoms with Crippen LogP contribution in [-0.2, 0) is 4.79 Å². The van der Waals surface area contributed by atoms with Crippen LogP contribution in [0, 0.1) is 0 Å². The van der Waals surface area contributed by atoms with Crippen LogP contribution in [0.25, 0.3) is 0 Å². The van der Waals surface area contributed by atoms with Gasteiger partial charge in [0.2, 0.25) is 5.91 Å². The Kier molecular flexibility index (Phi) is 5.53. The van der Waals surface area contributed by atoms with Crippen LogP contribution >= 0.6 is 0 Å². The third kappa shape index (κ3) is 4.33. The first-order valence-electron chi connectivity index (χ1n) is 7.20. The van der Waals surface area contributed by atoms with Gasteiger partial charge in [-0.25, -0.2) is 0 Å². The Morgan fingerprint density at radius 3 is 2.85 bits per heavy atom. The van der Waals surface area contributed by atoms with Gasteiger partial charge in [0.15, 0.2) is 11.5 Å². The van der Waals surface area contributed by atoms with Gasteiger partial charge < -0.3 is 20.1 Å². The topological polar surface area (TPSA) is 59.6 Å². The fourth-order valence-electron chi connectivity index (χ4n) is 1.92. The lowest BCUT2D eigenvalue weighted by molar-refractivity contribution is -0.119. The van der Waals surface area contributed by atoms with Crippen LogP contribution in [0.5, 0.6) is 11.5 Å². The van der Waals surface area contributed by atoms with Crippen molar-refractivity contribution in [2.45, 2.75) is 26.2 Å². The summed E-state index contributed by atoms with van der Waals surface area (Å²) in [5.74, 6) is 1.50. The molecule has 0 spiro atoms. The van der Waals surface area contributed by atoms with Gasteiger partial charge >= 0.3 is 0 Å². The molecule has 1 aromatic rings. The maximum absolute atomic E-state index is 11.6. The molecule has 0 atom stereocenters. The molecule has 5 heteroatoms. The number of ether oxygens (including phenoxy) is 2. The molecule has 0 aromatic heterocycles. The highest BCUT2D eigenvalue weighted by molar-refractivity contribution is 5.80. The highest BCUT2D eigenvalue weighted by Crippen LogP contribution is 2.32. The number of benzene rings is 1. The van der Waals surface area contributed by atoms with E-state index in [-0.39, 0.29) is 12.5 Å². The number of amides is 1. The highest BCUT2D eigenvalue weighted by Gasteiger charge is 2.10. The maximum Gasteiger partial charge on any atom is 0.239 e. The first-order chi connectivity index (χ1) is 9.79. The molecular formula is C15H22N2O3. The minimum absolute atomic E-state index is 0.00515. The normalized spacial score (nSPS) is 13.4. The van der Waals surface area contributed by atoms with E-state index in [0.29, 0.717) is 13.2 Å². The average molecular weight is 278 g/mol. The van der Waals surface area contributed by atoms with Crippen molar-refractivity contribution in [2.75, 3.05) is 31.6 Å². The van der Waals surface area contributed by atoms with E-state index < -0.39 is 0 Å². The molecule has 0 fully saturated rings. The minimum atomic E-state index is 0.00515. The molecule has 1 aromatic carbocycles. The van der Waals surface area contributed by atoms with Crippen molar-refractivity contribution in [1.29, 1.82) is 0 Å². The van der Waals surface area contributed by atoms with Crippen LogP contribution < -0.4 is 20.1 Å². The fourth-order valence-corrected chi connectivity index (χ4v) is 1.92. The second-order valence-corrected chi connectivity index (χ2v) is 4.77. The van der Waals surface area contributed by atoms with E-state index in [1.807, 2.05) is 18.2 Å². The number of rotatable bonds is 6. The zero-order valence-corrected chi connectivity index (χ0v) is 11.9. The van der Waals surface area contributed by atoms with Gasteiger partial charge in [-0.3, -0.25) is 4.79 Å². The number of fused-ring (bicyclic) bond motifs is 1.